The third-order valence-corrected chi connectivity index (χ3v) is 2.93. The van der Waals surface area contributed by atoms with E-state index in [1.807, 2.05) is 0 Å². The summed E-state index contributed by atoms with van der Waals surface area (Å²) < 4.78 is 22.1. The third kappa shape index (κ3) is 3.77. The smallest absolute Gasteiger partial charge is 0.240 e. The van der Waals surface area contributed by atoms with E-state index in [2.05, 4.69) is 15.9 Å². The summed E-state index contributed by atoms with van der Waals surface area (Å²) in [5, 5.41) is 0. The number of ketones is 1. The van der Waals surface area contributed by atoms with Gasteiger partial charge >= 0.3 is 0 Å². The minimum Gasteiger partial charge on any atom is -0.293 e. The summed E-state index contributed by atoms with van der Waals surface area (Å²) in [5.74, 6) is -1.18. The summed E-state index contributed by atoms with van der Waals surface area (Å²) >= 11 is 3.20. The van der Waals surface area contributed by atoms with Crippen LogP contribution in [0.3, 0.4) is 0 Å². The molecule has 0 saturated carbocycles. The van der Waals surface area contributed by atoms with E-state index < -0.39 is 20.6 Å². The van der Waals surface area contributed by atoms with E-state index in [9.17, 15) is 13.2 Å². The molecule has 0 fully saturated rings. The number of halogens is 2. The molecule has 1 rings (SSSR count). The molecule has 0 spiro atoms. The fourth-order valence-corrected chi connectivity index (χ4v) is 1.92. The van der Waals surface area contributed by atoms with Crippen LogP contribution in [0.5, 0.6) is 0 Å². The molecule has 0 atom stereocenters. The largest absolute Gasteiger partial charge is 0.293 e. The lowest BCUT2D eigenvalue weighted by molar-refractivity contribution is 0.102. The Labute approximate surface area is 94.6 Å². The Bertz CT molecular complexity index is 438. The lowest BCUT2D eigenvalue weighted by Gasteiger charge is -1.98. The van der Waals surface area contributed by atoms with Gasteiger partial charge in [0.2, 0.25) is 9.05 Å². The van der Waals surface area contributed by atoms with E-state index in [0.717, 1.165) is 4.47 Å². The Morgan fingerprint density at radius 1 is 1.29 bits per heavy atom. The molecule has 6 heteroatoms. The molecule has 0 radical (unpaired) electrons. The van der Waals surface area contributed by atoms with Crippen LogP contribution in [-0.4, -0.2) is 20.0 Å². The highest BCUT2D eigenvalue weighted by atomic mass is 79.9. The second-order valence-electron chi connectivity index (χ2n) is 2.61. The molecule has 0 aliphatic carbocycles. The number of rotatable bonds is 3. The molecular formula is C8H6BrClO3S. The van der Waals surface area contributed by atoms with Crippen molar-refractivity contribution in [2.24, 2.45) is 0 Å². The van der Waals surface area contributed by atoms with Crippen molar-refractivity contribution in [2.75, 3.05) is 5.75 Å². The average Bonchev–Trinajstić information content (AvgIpc) is 2.02. The zero-order chi connectivity index (χ0) is 10.8. The molecule has 0 aliphatic rings. The highest BCUT2D eigenvalue weighted by molar-refractivity contribution is 9.10. The Kier molecular flexibility index (Phi) is 3.69. The summed E-state index contributed by atoms with van der Waals surface area (Å²) in [7, 11) is 1.18. The van der Waals surface area contributed by atoms with Crippen molar-refractivity contribution < 1.29 is 13.2 Å². The first-order valence-corrected chi connectivity index (χ1v) is 6.87. The van der Waals surface area contributed by atoms with Crippen LogP contribution >= 0.6 is 26.6 Å². The number of carbonyl (C=O) groups is 1. The first kappa shape index (κ1) is 11.7. The highest BCUT2D eigenvalue weighted by Crippen LogP contribution is 2.12. The number of carbonyl (C=O) groups excluding carboxylic acids is 1. The van der Waals surface area contributed by atoms with E-state index >= 15 is 0 Å². The monoisotopic (exact) mass is 296 g/mol. The fraction of sp³-hybridized carbons (Fsp3) is 0.125. The van der Waals surface area contributed by atoms with E-state index in [1.54, 1.807) is 12.1 Å². The summed E-state index contributed by atoms with van der Waals surface area (Å²) in [4.78, 5) is 11.3. The maximum Gasteiger partial charge on any atom is 0.240 e. The topological polar surface area (TPSA) is 51.2 Å². The van der Waals surface area contributed by atoms with Crippen LogP contribution in [0, 0.1) is 0 Å². The SMILES string of the molecule is O=C(CS(=O)(=O)Cl)c1ccc(Br)cc1. The third-order valence-electron chi connectivity index (χ3n) is 1.47. The van der Waals surface area contributed by atoms with Gasteiger partial charge in [0.05, 0.1) is 0 Å². The number of benzene rings is 1. The maximum atomic E-state index is 11.3. The number of hydrogen-bond acceptors (Lipinski definition) is 3. The molecule has 1 aromatic rings. The molecule has 0 unspecified atom stereocenters. The first-order valence-electron chi connectivity index (χ1n) is 3.59. The molecule has 0 aromatic heterocycles. The molecule has 0 heterocycles. The quantitative estimate of drug-likeness (QED) is 0.635. The minimum absolute atomic E-state index is 0.331. The van der Waals surface area contributed by atoms with Gasteiger partial charge in [-0.25, -0.2) is 8.42 Å². The van der Waals surface area contributed by atoms with Crippen molar-refractivity contribution in [1.82, 2.24) is 0 Å². The van der Waals surface area contributed by atoms with E-state index in [1.165, 1.54) is 12.1 Å². The lowest BCUT2D eigenvalue weighted by Crippen LogP contribution is -2.11. The maximum absolute atomic E-state index is 11.3. The van der Waals surface area contributed by atoms with Gasteiger partial charge in [-0.05, 0) is 12.1 Å². The minimum atomic E-state index is -3.77. The normalized spacial score (nSPS) is 11.3. The lowest BCUT2D eigenvalue weighted by atomic mass is 10.2. The Balaban J connectivity index is 2.86. The zero-order valence-corrected chi connectivity index (χ0v) is 10.1. The van der Waals surface area contributed by atoms with Crippen LogP contribution in [0.15, 0.2) is 28.7 Å². The van der Waals surface area contributed by atoms with Gasteiger partial charge in [0, 0.05) is 20.7 Å². The summed E-state index contributed by atoms with van der Waals surface area (Å²) in [6, 6.07) is 6.39. The van der Waals surface area contributed by atoms with Crippen molar-refractivity contribution >= 4 is 41.4 Å². The van der Waals surface area contributed by atoms with Crippen LogP contribution in [0.1, 0.15) is 10.4 Å². The van der Waals surface area contributed by atoms with Crippen LogP contribution in [-0.2, 0) is 9.05 Å². The highest BCUT2D eigenvalue weighted by Gasteiger charge is 2.14. The predicted octanol–water partition coefficient (Wildman–Crippen LogP) is 2.20. The van der Waals surface area contributed by atoms with E-state index in [-0.39, 0.29) is 0 Å². The van der Waals surface area contributed by atoms with Gasteiger partial charge in [0.25, 0.3) is 0 Å². The number of hydrogen-bond donors (Lipinski definition) is 0. The summed E-state index contributed by atoms with van der Waals surface area (Å²) in [6.07, 6.45) is 0. The van der Waals surface area contributed by atoms with Gasteiger partial charge in [-0.15, -0.1) is 0 Å². The predicted molar refractivity (Wildman–Crippen MR) is 58.1 cm³/mol. The first-order chi connectivity index (χ1) is 6.38. The molecule has 0 saturated heterocycles. The Hall–Kier alpha value is -0.390. The van der Waals surface area contributed by atoms with Crippen LogP contribution in [0.25, 0.3) is 0 Å². The standard InChI is InChI=1S/C8H6BrClO3S/c9-7-3-1-6(2-4-7)8(11)5-14(10,12)13/h1-4H,5H2. The summed E-state index contributed by atoms with van der Waals surface area (Å²) in [5.41, 5.74) is 0.331. The molecule has 0 aliphatic heterocycles. The van der Waals surface area contributed by atoms with E-state index in [0.29, 0.717) is 5.56 Å². The zero-order valence-electron chi connectivity index (χ0n) is 6.91. The molecule has 76 valence electrons. The van der Waals surface area contributed by atoms with Crippen LogP contribution in [0.4, 0.5) is 0 Å². The van der Waals surface area contributed by atoms with Gasteiger partial charge in [-0.3, -0.25) is 4.79 Å². The van der Waals surface area contributed by atoms with Crippen LogP contribution in [0.2, 0.25) is 0 Å². The average molecular weight is 298 g/mol. The van der Waals surface area contributed by atoms with Crippen molar-refractivity contribution in [1.29, 1.82) is 0 Å². The fourth-order valence-electron chi connectivity index (χ4n) is 0.876. The van der Waals surface area contributed by atoms with Crippen molar-refractivity contribution in [3.05, 3.63) is 34.3 Å². The molecule has 3 nitrogen and oxygen atoms in total. The Morgan fingerprint density at radius 2 is 1.79 bits per heavy atom. The van der Waals surface area contributed by atoms with Crippen LogP contribution < -0.4 is 0 Å². The van der Waals surface area contributed by atoms with Gasteiger partial charge in [0.1, 0.15) is 5.75 Å². The molecule has 0 bridgehead atoms. The second-order valence-corrected chi connectivity index (χ2v) is 6.31. The van der Waals surface area contributed by atoms with E-state index in [4.69, 9.17) is 10.7 Å². The van der Waals surface area contributed by atoms with Gasteiger partial charge in [0.15, 0.2) is 5.78 Å². The van der Waals surface area contributed by atoms with Crippen molar-refractivity contribution in [3.63, 3.8) is 0 Å². The number of Topliss-reactive ketones (excluding diaryl/α,β-unsaturated/α-hetero) is 1. The molecule has 14 heavy (non-hydrogen) atoms. The van der Waals surface area contributed by atoms with Gasteiger partial charge in [-0.1, -0.05) is 28.1 Å². The molecule has 0 N–H and O–H groups in total. The van der Waals surface area contributed by atoms with Gasteiger partial charge < -0.3 is 0 Å². The molecular weight excluding hydrogens is 292 g/mol. The summed E-state index contributed by atoms with van der Waals surface area (Å²) in [6.45, 7) is 0. The molecule has 0 amide bonds. The van der Waals surface area contributed by atoms with Crippen molar-refractivity contribution in [2.45, 2.75) is 0 Å². The second kappa shape index (κ2) is 4.42. The molecule has 1 aromatic carbocycles. The Morgan fingerprint density at radius 3 is 2.21 bits per heavy atom. The van der Waals surface area contributed by atoms with Crippen molar-refractivity contribution in [3.8, 4) is 0 Å². The van der Waals surface area contributed by atoms with Gasteiger partial charge in [-0.2, -0.15) is 0 Å².